The number of halogens is 5. The fraction of sp³-hybridized carbons (Fsp3) is 0.200. The molecule has 2 heterocycles. The number of rotatable bonds is 2. The molecule has 0 aliphatic carbocycles. The SMILES string of the molecule is FC(F)c1cc(=S)n(-c2ccc(C(F)(F)F)cn2)[nH]1. The van der Waals surface area contributed by atoms with Crippen LogP contribution in [0.1, 0.15) is 17.7 Å². The van der Waals surface area contributed by atoms with Gasteiger partial charge in [-0.05, 0) is 12.1 Å². The molecule has 0 saturated heterocycles. The summed E-state index contributed by atoms with van der Waals surface area (Å²) < 4.78 is 62.9. The molecule has 0 aromatic carbocycles. The van der Waals surface area contributed by atoms with E-state index < -0.39 is 23.9 Å². The third-order valence-electron chi connectivity index (χ3n) is 2.28. The smallest absolute Gasteiger partial charge is 0.290 e. The van der Waals surface area contributed by atoms with Gasteiger partial charge in [-0.2, -0.15) is 13.2 Å². The fourth-order valence-electron chi connectivity index (χ4n) is 1.38. The van der Waals surface area contributed by atoms with Crippen molar-refractivity contribution in [2.75, 3.05) is 0 Å². The maximum absolute atomic E-state index is 12.4. The van der Waals surface area contributed by atoms with Crippen LogP contribution in [-0.4, -0.2) is 14.8 Å². The maximum Gasteiger partial charge on any atom is 0.417 e. The molecule has 1 N–H and O–H groups in total. The number of nitrogens with zero attached hydrogens (tertiary/aromatic N) is 2. The first kappa shape index (κ1) is 13.7. The molecule has 0 amide bonds. The highest BCUT2D eigenvalue weighted by molar-refractivity contribution is 7.71. The van der Waals surface area contributed by atoms with Crippen LogP contribution in [0.4, 0.5) is 22.0 Å². The summed E-state index contributed by atoms with van der Waals surface area (Å²) in [5.41, 5.74) is -1.35. The minimum absolute atomic E-state index is 0.00237. The van der Waals surface area contributed by atoms with Crippen LogP contribution in [0.5, 0.6) is 0 Å². The second kappa shape index (κ2) is 4.72. The fourth-order valence-corrected chi connectivity index (χ4v) is 1.65. The van der Waals surface area contributed by atoms with Gasteiger partial charge in [0, 0.05) is 12.3 Å². The first-order valence-electron chi connectivity index (χ1n) is 4.93. The summed E-state index contributed by atoms with van der Waals surface area (Å²) in [6, 6.07) is 2.87. The average Bonchev–Trinajstić information content (AvgIpc) is 2.70. The summed E-state index contributed by atoms with van der Waals surface area (Å²) in [5.74, 6) is 0.00454. The second-order valence-electron chi connectivity index (χ2n) is 3.59. The largest absolute Gasteiger partial charge is 0.417 e. The molecule has 0 aliphatic rings. The zero-order valence-corrected chi connectivity index (χ0v) is 9.90. The van der Waals surface area contributed by atoms with Crippen LogP contribution in [0.15, 0.2) is 24.4 Å². The van der Waals surface area contributed by atoms with Crippen LogP contribution in [-0.2, 0) is 6.18 Å². The van der Waals surface area contributed by atoms with E-state index in [9.17, 15) is 22.0 Å². The van der Waals surface area contributed by atoms with Gasteiger partial charge in [0.15, 0.2) is 5.82 Å². The lowest BCUT2D eigenvalue weighted by molar-refractivity contribution is -0.137. The maximum atomic E-state index is 12.4. The average molecular weight is 295 g/mol. The van der Waals surface area contributed by atoms with E-state index >= 15 is 0 Å². The van der Waals surface area contributed by atoms with Crippen molar-refractivity contribution in [1.82, 2.24) is 14.8 Å². The van der Waals surface area contributed by atoms with E-state index in [1.54, 1.807) is 0 Å². The highest BCUT2D eigenvalue weighted by Gasteiger charge is 2.30. The molecule has 102 valence electrons. The highest BCUT2D eigenvalue weighted by atomic mass is 32.1. The molecule has 0 bridgehead atoms. The number of hydrogen-bond donors (Lipinski definition) is 1. The molecule has 3 nitrogen and oxygen atoms in total. The number of hydrogen-bond acceptors (Lipinski definition) is 2. The molecule has 0 saturated carbocycles. The minimum Gasteiger partial charge on any atom is -0.290 e. The third kappa shape index (κ3) is 2.80. The van der Waals surface area contributed by atoms with Crippen LogP contribution >= 0.6 is 12.2 Å². The standard InChI is InChI=1S/C10H6F5N3S/c11-9(12)6-3-8(19)18(17-6)7-2-1-5(4-16-7)10(13,14)15/h1-4,9,17H. The summed E-state index contributed by atoms with van der Waals surface area (Å²) in [5, 5.41) is 2.27. The van der Waals surface area contributed by atoms with Crippen molar-refractivity contribution in [2.45, 2.75) is 12.6 Å². The number of alkyl halides is 5. The van der Waals surface area contributed by atoms with Crippen molar-refractivity contribution >= 4 is 12.2 Å². The third-order valence-corrected chi connectivity index (χ3v) is 2.58. The highest BCUT2D eigenvalue weighted by Crippen LogP contribution is 2.28. The Hall–Kier alpha value is -1.77. The van der Waals surface area contributed by atoms with Gasteiger partial charge in [-0.25, -0.2) is 18.4 Å². The Morgan fingerprint density at radius 3 is 2.37 bits per heavy atom. The van der Waals surface area contributed by atoms with Gasteiger partial charge in [0.1, 0.15) is 10.3 Å². The van der Waals surface area contributed by atoms with Crippen molar-refractivity contribution in [3.05, 3.63) is 40.3 Å². The van der Waals surface area contributed by atoms with E-state index in [0.717, 1.165) is 22.9 Å². The molecule has 0 atom stereocenters. The van der Waals surface area contributed by atoms with E-state index in [0.29, 0.717) is 6.20 Å². The van der Waals surface area contributed by atoms with Gasteiger partial charge >= 0.3 is 6.18 Å². The molecule has 0 fully saturated rings. The van der Waals surface area contributed by atoms with Crippen LogP contribution in [0.3, 0.4) is 0 Å². The molecule has 2 aromatic heterocycles. The molecule has 9 heteroatoms. The first-order chi connectivity index (χ1) is 8.79. The summed E-state index contributed by atoms with van der Waals surface area (Å²) in [4.78, 5) is 3.55. The number of aromatic amines is 1. The minimum atomic E-state index is -4.50. The van der Waals surface area contributed by atoms with Gasteiger partial charge in [0.05, 0.1) is 5.56 Å². The van der Waals surface area contributed by atoms with E-state index in [4.69, 9.17) is 12.2 Å². The van der Waals surface area contributed by atoms with Crippen molar-refractivity contribution in [2.24, 2.45) is 0 Å². The Morgan fingerprint density at radius 2 is 1.95 bits per heavy atom. The molecule has 2 rings (SSSR count). The van der Waals surface area contributed by atoms with Gasteiger partial charge in [-0.3, -0.25) is 5.10 Å². The predicted molar refractivity (Wildman–Crippen MR) is 58.7 cm³/mol. The van der Waals surface area contributed by atoms with Gasteiger partial charge in [-0.1, -0.05) is 12.2 Å². The zero-order chi connectivity index (χ0) is 14.2. The summed E-state index contributed by atoms with van der Waals surface area (Å²) in [6.45, 7) is 0. The van der Waals surface area contributed by atoms with E-state index in [2.05, 4.69) is 10.1 Å². The Morgan fingerprint density at radius 1 is 1.26 bits per heavy atom. The van der Waals surface area contributed by atoms with Crippen LogP contribution in [0.2, 0.25) is 0 Å². The number of nitrogens with one attached hydrogen (secondary N) is 1. The van der Waals surface area contributed by atoms with Crippen LogP contribution in [0, 0.1) is 4.64 Å². The number of H-pyrrole nitrogens is 1. The Bertz CT molecular complexity index is 626. The van der Waals surface area contributed by atoms with Crippen LogP contribution < -0.4 is 0 Å². The van der Waals surface area contributed by atoms with E-state index in [-0.39, 0.29) is 10.5 Å². The van der Waals surface area contributed by atoms with Crippen molar-refractivity contribution in [3.8, 4) is 5.82 Å². The quantitative estimate of drug-likeness (QED) is 0.673. The molecule has 0 unspecified atom stereocenters. The number of pyridine rings is 1. The Kier molecular flexibility index (Phi) is 3.40. The molecule has 19 heavy (non-hydrogen) atoms. The second-order valence-corrected chi connectivity index (χ2v) is 4.01. The summed E-state index contributed by atoms with van der Waals surface area (Å²) in [7, 11) is 0. The lowest BCUT2D eigenvalue weighted by Gasteiger charge is -2.07. The first-order valence-corrected chi connectivity index (χ1v) is 5.33. The van der Waals surface area contributed by atoms with Gasteiger partial charge < -0.3 is 0 Å². The molecular formula is C10H6F5N3S. The van der Waals surface area contributed by atoms with Crippen LogP contribution in [0.25, 0.3) is 5.82 Å². The predicted octanol–water partition coefficient (Wildman–Crippen LogP) is 3.89. The number of aromatic nitrogens is 3. The van der Waals surface area contributed by atoms with Gasteiger partial charge in [-0.15, -0.1) is 0 Å². The Labute approximate surface area is 108 Å². The molecule has 0 aliphatic heterocycles. The molecule has 2 aromatic rings. The van der Waals surface area contributed by atoms with Gasteiger partial charge in [0.25, 0.3) is 6.43 Å². The van der Waals surface area contributed by atoms with E-state index in [1.165, 1.54) is 0 Å². The molecule has 0 radical (unpaired) electrons. The summed E-state index contributed by atoms with van der Waals surface area (Å²) >= 11 is 4.82. The van der Waals surface area contributed by atoms with Crippen molar-refractivity contribution in [3.63, 3.8) is 0 Å². The topological polar surface area (TPSA) is 33.6 Å². The van der Waals surface area contributed by atoms with E-state index in [1.807, 2.05) is 0 Å². The normalized spacial score (nSPS) is 12.1. The Balaban J connectivity index is 2.40. The summed E-state index contributed by atoms with van der Waals surface area (Å²) in [6.07, 6.45) is -6.64. The lowest BCUT2D eigenvalue weighted by atomic mass is 10.3. The van der Waals surface area contributed by atoms with Crippen molar-refractivity contribution < 1.29 is 22.0 Å². The zero-order valence-electron chi connectivity index (χ0n) is 9.08. The molecule has 0 spiro atoms. The molecular weight excluding hydrogens is 289 g/mol. The van der Waals surface area contributed by atoms with Crippen molar-refractivity contribution in [1.29, 1.82) is 0 Å². The van der Waals surface area contributed by atoms with Gasteiger partial charge in [0.2, 0.25) is 0 Å². The lowest BCUT2D eigenvalue weighted by Crippen LogP contribution is -2.07. The monoisotopic (exact) mass is 295 g/mol.